The maximum atomic E-state index is 9.46. The van der Waals surface area contributed by atoms with Crippen molar-refractivity contribution in [3.8, 4) is 0 Å². The van der Waals surface area contributed by atoms with Crippen molar-refractivity contribution in [1.82, 2.24) is 0 Å². The summed E-state index contributed by atoms with van der Waals surface area (Å²) in [6.45, 7) is 5.49. The summed E-state index contributed by atoms with van der Waals surface area (Å²) >= 11 is 0. The molecule has 1 fully saturated rings. The summed E-state index contributed by atoms with van der Waals surface area (Å²) in [6, 6.07) is 0. The van der Waals surface area contributed by atoms with Gasteiger partial charge in [0.15, 0.2) is 5.79 Å². The van der Waals surface area contributed by atoms with Gasteiger partial charge in [-0.15, -0.1) is 0 Å². The molecule has 0 saturated carbocycles. The van der Waals surface area contributed by atoms with Crippen molar-refractivity contribution >= 4 is 0 Å². The maximum absolute atomic E-state index is 9.46. The van der Waals surface area contributed by atoms with Crippen LogP contribution < -0.4 is 0 Å². The van der Waals surface area contributed by atoms with E-state index in [1.54, 1.807) is 6.92 Å². The first-order valence-corrected chi connectivity index (χ1v) is 5.23. The van der Waals surface area contributed by atoms with Crippen LogP contribution in [0.25, 0.3) is 0 Å². The van der Waals surface area contributed by atoms with Gasteiger partial charge in [-0.25, -0.2) is 0 Å². The van der Waals surface area contributed by atoms with Crippen LogP contribution in [0.15, 0.2) is 0 Å². The Bertz CT molecular complexity index is 177. The Labute approximate surface area is 84.8 Å². The summed E-state index contributed by atoms with van der Waals surface area (Å²) in [7, 11) is 0. The molecule has 4 nitrogen and oxygen atoms in total. The van der Waals surface area contributed by atoms with Gasteiger partial charge >= 0.3 is 0 Å². The number of aliphatic hydroxyl groups excluding tert-OH is 2. The lowest BCUT2D eigenvalue weighted by atomic mass is 10.1. The minimum absolute atomic E-state index is 0.114. The van der Waals surface area contributed by atoms with Gasteiger partial charge in [0, 0.05) is 0 Å². The molecule has 3 unspecified atom stereocenters. The first-order valence-electron chi connectivity index (χ1n) is 5.23. The molecule has 0 aromatic heterocycles. The molecule has 0 aliphatic carbocycles. The van der Waals surface area contributed by atoms with Gasteiger partial charge in [-0.1, -0.05) is 13.8 Å². The summed E-state index contributed by atoms with van der Waals surface area (Å²) in [5.41, 5.74) is 0. The molecule has 14 heavy (non-hydrogen) atoms. The molecule has 1 aliphatic rings. The van der Waals surface area contributed by atoms with Gasteiger partial charge < -0.3 is 19.7 Å². The Kier molecular flexibility index (Phi) is 3.89. The molecule has 0 spiro atoms. The molecule has 3 atom stereocenters. The van der Waals surface area contributed by atoms with E-state index in [9.17, 15) is 5.11 Å². The van der Waals surface area contributed by atoms with Crippen LogP contribution in [-0.2, 0) is 9.47 Å². The second-order valence-electron chi connectivity index (χ2n) is 3.78. The van der Waals surface area contributed by atoms with Crippen molar-refractivity contribution in [3.05, 3.63) is 0 Å². The maximum Gasteiger partial charge on any atom is 0.169 e. The largest absolute Gasteiger partial charge is 0.394 e. The first kappa shape index (κ1) is 11.9. The quantitative estimate of drug-likeness (QED) is 0.706. The fraction of sp³-hybridized carbons (Fsp3) is 1.00. The van der Waals surface area contributed by atoms with E-state index >= 15 is 0 Å². The zero-order chi connectivity index (χ0) is 10.8. The van der Waals surface area contributed by atoms with E-state index in [0.29, 0.717) is 0 Å². The molecule has 1 rings (SSSR count). The molecular formula is C10H20O4. The number of ether oxygens (including phenoxy) is 2. The highest BCUT2D eigenvalue weighted by Gasteiger charge is 2.46. The Hall–Kier alpha value is -0.160. The van der Waals surface area contributed by atoms with E-state index in [0.717, 1.165) is 12.8 Å². The van der Waals surface area contributed by atoms with Crippen LogP contribution in [0.4, 0.5) is 0 Å². The zero-order valence-corrected chi connectivity index (χ0v) is 9.06. The molecule has 4 heteroatoms. The third kappa shape index (κ3) is 2.08. The topological polar surface area (TPSA) is 58.9 Å². The van der Waals surface area contributed by atoms with Crippen LogP contribution >= 0.6 is 0 Å². The van der Waals surface area contributed by atoms with Crippen molar-refractivity contribution in [3.63, 3.8) is 0 Å². The zero-order valence-electron chi connectivity index (χ0n) is 9.06. The summed E-state index contributed by atoms with van der Waals surface area (Å²) in [4.78, 5) is 0. The third-order valence-electron chi connectivity index (χ3n) is 2.82. The summed E-state index contributed by atoms with van der Waals surface area (Å²) in [6.07, 6.45) is 0.00817. The number of aliphatic hydroxyl groups is 2. The van der Waals surface area contributed by atoms with Gasteiger partial charge in [0.1, 0.15) is 12.2 Å². The van der Waals surface area contributed by atoms with E-state index < -0.39 is 24.1 Å². The molecule has 0 bridgehead atoms. The smallest absolute Gasteiger partial charge is 0.169 e. The lowest BCUT2D eigenvalue weighted by Gasteiger charge is -2.25. The summed E-state index contributed by atoms with van der Waals surface area (Å²) in [5.74, 6) is -0.616. The van der Waals surface area contributed by atoms with Crippen LogP contribution in [0.3, 0.4) is 0 Å². The van der Waals surface area contributed by atoms with Crippen LogP contribution in [0.5, 0.6) is 0 Å². The van der Waals surface area contributed by atoms with E-state index in [2.05, 4.69) is 0 Å². The lowest BCUT2D eigenvalue weighted by molar-refractivity contribution is -0.186. The van der Waals surface area contributed by atoms with Crippen molar-refractivity contribution < 1.29 is 19.7 Å². The van der Waals surface area contributed by atoms with Gasteiger partial charge in [-0.2, -0.15) is 0 Å². The number of hydrogen-bond donors (Lipinski definition) is 2. The highest BCUT2D eigenvalue weighted by Crippen LogP contribution is 2.35. The normalized spacial score (nSPS) is 33.2. The number of rotatable bonds is 4. The monoisotopic (exact) mass is 204 g/mol. The molecular weight excluding hydrogens is 184 g/mol. The molecule has 0 aromatic carbocycles. The summed E-state index contributed by atoms with van der Waals surface area (Å²) in [5, 5.41) is 18.6. The minimum atomic E-state index is -0.618. The molecule has 1 heterocycles. The Morgan fingerprint density at radius 2 is 1.86 bits per heavy atom. The first-order chi connectivity index (χ1) is 6.58. The van der Waals surface area contributed by atoms with Crippen LogP contribution in [0, 0.1) is 0 Å². The van der Waals surface area contributed by atoms with Gasteiger partial charge in [0.05, 0.1) is 12.7 Å². The van der Waals surface area contributed by atoms with E-state index in [4.69, 9.17) is 14.6 Å². The van der Waals surface area contributed by atoms with Crippen molar-refractivity contribution in [2.45, 2.75) is 57.7 Å². The number of hydrogen-bond acceptors (Lipinski definition) is 4. The standard InChI is InChI=1S/C10H20O4/c1-4-10(5-2)13-8(6-11)9(14-10)7(3)12/h7-9,11-12H,4-6H2,1-3H3. The average molecular weight is 204 g/mol. The lowest BCUT2D eigenvalue weighted by Crippen LogP contribution is -2.35. The van der Waals surface area contributed by atoms with E-state index in [-0.39, 0.29) is 6.61 Å². The molecule has 2 N–H and O–H groups in total. The average Bonchev–Trinajstić information content (AvgIpc) is 2.58. The molecule has 1 aliphatic heterocycles. The van der Waals surface area contributed by atoms with E-state index in [1.807, 2.05) is 13.8 Å². The van der Waals surface area contributed by atoms with Crippen LogP contribution in [-0.4, -0.2) is 40.9 Å². The molecule has 1 saturated heterocycles. The van der Waals surface area contributed by atoms with Gasteiger partial charge in [-0.3, -0.25) is 0 Å². The second kappa shape index (κ2) is 4.57. The Morgan fingerprint density at radius 1 is 1.29 bits per heavy atom. The van der Waals surface area contributed by atoms with Gasteiger partial charge in [0.25, 0.3) is 0 Å². The fourth-order valence-corrected chi connectivity index (χ4v) is 1.83. The Morgan fingerprint density at radius 3 is 2.14 bits per heavy atom. The SMILES string of the molecule is CCC1(CC)OC(CO)C(C(C)O)O1. The minimum Gasteiger partial charge on any atom is -0.394 e. The second-order valence-corrected chi connectivity index (χ2v) is 3.78. The van der Waals surface area contributed by atoms with Crippen molar-refractivity contribution in [2.24, 2.45) is 0 Å². The molecule has 0 aromatic rings. The third-order valence-corrected chi connectivity index (χ3v) is 2.82. The van der Waals surface area contributed by atoms with Gasteiger partial charge in [0.2, 0.25) is 0 Å². The fourth-order valence-electron chi connectivity index (χ4n) is 1.83. The highest BCUT2D eigenvalue weighted by molar-refractivity contribution is 4.87. The molecule has 0 amide bonds. The highest BCUT2D eigenvalue weighted by atomic mass is 16.8. The summed E-state index contributed by atoms with van der Waals surface area (Å²) < 4.78 is 11.3. The van der Waals surface area contributed by atoms with Crippen molar-refractivity contribution in [2.75, 3.05) is 6.61 Å². The molecule has 0 radical (unpaired) electrons. The van der Waals surface area contributed by atoms with Crippen molar-refractivity contribution in [1.29, 1.82) is 0 Å². The predicted molar refractivity (Wildman–Crippen MR) is 51.8 cm³/mol. The van der Waals surface area contributed by atoms with Crippen LogP contribution in [0.1, 0.15) is 33.6 Å². The molecule has 84 valence electrons. The Balaban J connectivity index is 2.72. The van der Waals surface area contributed by atoms with E-state index in [1.165, 1.54) is 0 Å². The van der Waals surface area contributed by atoms with Crippen LogP contribution in [0.2, 0.25) is 0 Å². The van der Waals surface area contributed by atoms with Gasteiger partial charge in [-0.05, 0) is 19.8 Å². The predicted octanol–water partition coefficient (Wildman–Crippen LogP) is 0.660.